The third kappa shape index (κ3) is 2.60. The van der Waals surface area contributed by atoms with Crippen molar-refractivity contribution >= 4 is 39.0 Å². The Morgan fingerprint density at radius 3 is 3.00 bits per heavy atom. The number of nitrogens with zero attached hydrogens (tertiary/aromatic N) is 2. The molecule has 4 rings (SSSR count). The van der Waals surface area contributed by atoms with Crippen LogP contribution in [-0.2, 0) is 6.42 Å². The van der Waals surface area contributed by atoms with E-state index < -0.39 is 0 Å². The number of nitrogens with one attached hydrogen (secondary N) is 1. The van der Waals surface area contributed by atoms with Gasteiger partial charge in [-0.2, -0.15) is 0 Å². The smallest absolute Gasteiger partial charge is 0.133 e. The number of aryl methyl sites for hydroxylation is 1. The summed E-state index contributed by atoms with van der Waals surface area (Å²) < 4.78 is 1.30. The maximum Gasteiger partial charge on any atom is 0.133 e. The van der Waals surface area contributed by atoms with Crippen molar-refractivity contribution in [3.63, 3.8) is 0 Å². The molecule has 1 aromatic carbocycles. The Hall–Kier alpha value is -1.63. The Morgan fingerprint density at radius 1 is 1.26 bits per heavy atom. The Balaban J connectivity index is 1.95. The van der Waals surface area contributed by atoms with Crippen LogP contribution in [0.4, 0.5) is 5.82 Å². The largest absolute Gasteiger partial charge is 0.395 e. The molecule has 0 saturated carbocycles. The van der Waals surface area contributed by atoms with Crippen molar-refractivity contribution in [2.45, 2.75) is 18.2 Å². The quantitative estimate of drug-likeness (QED) is 0.759. The molecule has 2 aromatic heterocycles. The van der Waals surface area contributed by atoms with Crippen LogP contribution in [0.5, 0.6) is 0 Å². The highest BCUT2D eigenvalue weighted by Crippen LogP contribution is 2.47. The predicted octanol–water partition coefficient (Wildman–Crippen LogP) is 3.72. The fraction of sp³-hybridized carbons (Fsp3) is 0.294. The molecule has 0 saturated heterocycles. The number of fused-ring (bicyclic) bond motifs is 5. The molecule has 1 aliphatic rings. The number of hydrogen-bond acceptors (Lipinski definition) is 6. The van der Waals surface area contributed by atoms with Crippen molar-refractivity contribution in [2.75, 3.05) is 24.2 Å². The minimum Gasteiger partial charge on any atom is -0.395 e. The summed E-state index contributed by atoms with van der Waals surface area (Å²) in [6.45, 7) is 2.53. The summed E-state index contributed by atoms with van der Waals surface area (Å²) in [5, 5.41) is 13.7. The molecule has 118 valence electrons. The Labute approximate surface area is 143 Å². The van der Waals surface area contributed by atoms with Crippen LogP contribution in [0.25, 0.3) is 20.7 Å². The molecule has 1 aliphatic heterocycles. The first-order valence-electron chi connectivity index (χ1n) is 7.65. The Kier molecular flexibility index (Phi) is 3.97. The number of anilines is 1. The molecule has 2 N–H and O–H groups in total. The number of thioether (sulfide) groups is 1. The average Bonchev–Trinajstić information content (AvgIpc) is 2.83. The minimum atomic E-state index is 0.0979. The molecule has 4 nitrogen and oxygen atoms in total. The molecule has 3 heterocycles. The molecule has 3 aromatic rings. The maximum absolute atomic E-state index is 9.10. The molecule has 0 atom stereocenters. The summed E-state index contributed by atoms with van der Waals surface area (Å²) in [7, 11) is 0. The topological polar surface area (TPSA) is 58.0 Å². The summed E-state index contributed by atoms with van der Waals surface area (Å²) in [5.41, 5.74) is 2.22. The predicted molar refractivity (Wildman–Crippen MR) is 97.6 cm³/mol. The van der Waals surface area contributed by atoms with Crippen molar-refractivity contribution in [1.82, 2.24) is 9.97 Å². The van der Waals surface area contributed by atoms with Gasteiger partial charge in [0.15, 0.2) is 0 Å². The highest BCUT2D eigenvalue weighted by Gasteiger charge is 2.24. The van der Waals surface area contributed by atoms with Gasteiger partial charge in [0.1, 0.15) is 11.6 Å². The molecule has 0 amide bonds. The zero-order chi connectivity index (χ0) is 15.8. The molecule has 0 aliphatic carbocycles. The maximum atomic E-state index is 9.10. The van der Waals surface area contributed by atoms with Crippen LogP contribution in [0.2, 0.25) is 0 Å². The third-order valence-electron chi connectivity index (χ3n) is 3.89. The van der Waals surface area contributed by atoms with E-state index in [9.17, 15) is 0 Å². The van der Waals surface area contributed by atoms with Crippen LogP contribution in [-0.4, -0.2) is 34.0 Å². The normalized spacial score (nSPS) is 13.5. The monoisotopic (exact) mass is 343 g/mol. The number of aliphatic hydroxyl groups is 1. The van der Waals surface area contributed by atoms with Gasteiger partial charge in [-0.1, -0.05) is 18.2 Å². The highest BCUT2D eigenvalue weighted by atomic mass is 32.2. The van der Waals surface area contributed by atoms with E-state index in [2.05, 4.69) is 34.6 Å². The van der Waals surface area contributed by atoms with Crippen LogP contribution in [0.1, 0.15) is 11.4 Å². The summed E-state index contributed by atoms with van der Waals surface area (Å²) in [6, 6.07) is 8.56. The van der Waals surface area contributed by atoms with Crippen molar-refractivity contribution in [1.29, 1.82) is 0 Å². The van der Waals surface area contributed by atoms with Gasteiger partial charge in [0.05, 0.1) is 17.2 Å². The van der Waals surface area contributed by atoms with Gasteiger partial charge in [0, 0.05) is 32.8 Å². The minimum absolute atomic E-state index is 0.0979. The summed E-state index contributed by atoms with van der Waals surface area (Å²) in [5.74, 6) is 2.65. The van der Waals surface area contributed by atoms with E-state index in [0.29, 0.717) is 6.54 Å². The molecular weight excluding hydrogens is 326 g/mol. The van der Waals surface area contributed by atoms with Gasteiger partial charge < -0.3 is 10.4 Å². The molecule has 0 unspecified atom stereocenters. The molecular formula is C17H17N3OS2. The van der Waals surface area contributed by atoms with Crippen LogP contribution < -0.4 is 5.32 Å². The molecule has 23 heavy (non-hydrogen) atoms. The molecule has 6 heteroatoms. The van der Waals surface area contributed by atoms with Crippen molar-refractivity contribution in [2.24, 2.45) is 0 Å². The van der Waals surface area contributed by atoms with E-state index in [0.717, 1.165) is 29.5 Å². The highest BCUT2D eigenvalue weighted by molar-refractivity contribution is 7.99. The van der Waals surface area contributed by atoms with Crippen LogP contribution >= 0.6 is 23.1 Å². The number of thiophene rings is 1. The third-order valence-corrected chi connectivity index (χ3v) is 6.31. The lowest BCUT2D eigenvalue weighted by atomic mass is 10.1. The Morgan fingerprint density at radius 2 is 2.13 bits per heavy atom. The number of benzene rings is 1. The number of hydrogen-bond donors (Lipinski definition) is 2. The van der Waals surface area contributed by atoms with Crippen LogP contribution in [0.15, 0.2) is 29.2 Å². The van der Waals surface area contributed by atoms with E-state index in [4.69, 9.17) is 10.1 Å². The van der Waals surface area contributed by atoms with Crippen molar-refractivity contribution < 1.29 is 5.11 Å². The second kappa shape index (κ2) is 6.11. The van der Waals surface area contributed by atoms with Gasteiger partial charge in [0.2, 0.25) is 0 Å². The van der Waals surface area contributed by atoms with Gasteiger partial charge in [0.25, 0.3) is 0 Å². The Bertz CT molecular complexity index is 876. The van der Waals surface area contributed by atoms with Gasteiger partial charge >= 0.3 is 0 Å². The number of rotatable bonds is 3. The number of aliphatic hydroxyl groups excluding tert-OH is 1. The summed E-state index contributed by atoms with van der Waals surface area (Å²) in [6.07, 6.45) is 0.934. The fourth-order valence-corrected chi connectivity index (χ4v) is 5.47. The zero-order valence-corrected chi connectivity index (χ0v) is 14.4. The second-order valence-electron chi connectivity index (χ2n) is 5.45. The first kappa shape index (κ1) is 14.9. The fourth-order valence-electron chi connectivity index (χ4n) is 2.92. The lowest BCUT2D eigenvalue weighted by molar-refractivity contribution is 0.311. The SMILES string of the molecule is Cc1nc(NCCO)c2c(n1)-c1sc3ccccc3c1SCC2. The van der Waals surface area contributed by atoms with E-state index in [1.165, 1.54) is 25.4 Å². The lowest BCUT2D eigenvalue weighted by Crippen LogP contribution is -2.12. The van der Waals surface area contributed by atoms with Crippen LogP contribution in [0, 0.1) is 6.92 Å². The molecule has 0 bridgehead atoms. The standard InChI is InChI=1S/C17H17N3OS2/c1-10-19-14-12(17(20-10)18-7-8-21)6-9-22-15-11-4-2-3-5-13(11)23-16(14)15/h2-5,21H,6-9H2,1H3,(H,18,19,20). The van der Waals surface area contributed by atoms with E-state index in [1.54, 1.807) is 0 Å². The average molecular weight is 343 g/mol. The van der Waals surface area contributed by atoms with E-state index >= 15 is 0 Å². The number of aromatic nitrogens is 2. The first-order chi connectivity index (χ1) is 11.3. The summed E-state index contributed by atoms with van der Waals surface area (Å²) >= 11 is 3.71. The molecule has 0 radical (unpaired) electrons. The van der Waals surface area contributed by atoms with Crippen molar-refractivity contribution in [3.05, 3.63) is 35.7 Å². The second-order valence-corrected chi connectivity index (χ2v) is 7.61. The van der Waals surface area contributed by atoms with Gasteiger partial charge in [-0.05, 0) is 19.4 Å². The van der Waals surface area contributed by atoms with Gasteiger partial charge in [-0.25, -0.2) is 9.97 Å². The van der Waals surface area contributed by atoms with Crippen LogP contribution in [0.3, 0.4) is 0 Å². The zero-order valence-electron chi connectivity index (χ0n) is 12.8. The molecule has 0 fully saturated rings. The first-order valence-corrected chi connectivity index (χ1v) is 9.45. The summed E-state index contributed by atoms with van der Waals surface area (Å²) in [4.78, 5) is 11.9. The van der Waals surface area contributed by atoms with Gasteiger partial charge in [-0.3, -0.25) is 0 Å². The van der Waals surface area contributed by atoms with E-state index in [1.807, 2.05) is 30.0 Å². The van der Waals surface area contributed by atoms with Gasteiger partial charge in [-0.15, -0.1) is 23.1 Å². The van der Waals surface area contributed by atoms with E-state index in [-0.39, 0.29) is 6.61 Å². The van der Waals surface area contributed by atoms with Crippen molar-refractivity contribution in [3.8, 4) is 10.6 Å². The molecule has 0 spiro atoms. The lowest BCUT2D eigenvalue weighted by Gasteiger charge is -2.13.